The van der Waals surface area contributed by atoms with Crippen molar-refractivity contribution in [3.8, 4) is 0 Å². The summed E-state index contributed by atoms with van der Waals surface area (Å²) in [5.41, 5.74) is -0.158. The fourth-order valence-electron chi connectivity index (χ4n) is 1.27. The van der Waals surface area contributed by atoms with Gasteiger partial charge in [-0.1, -0.05) is 6.92 Å². The predicted octanol–water partition coefficient (Wildman–Crippen LogP) is -0.0217. The van der Waals surface area contributed by atoms with Crippen LogP contribution in [0.15, 0.2) is 23.1 Å². The third-order valence-electron chi connectivity index (χ3n) is 2.38. The van der Waals surface area contributed by atoms with Crippen LogP contribution in [0.25, 0.3) is 0 Å². The molecule has 1 heterocycles. The molecule has 1 atom stereocenters. The van der Waals surface area contributed by atoms with Crippen LogP contribution in [0.2, 0.25) is 0 Å². The summed E-state index contributed by atoms with van der Waals surface area (Å²) in [6.45, 7) is 1.66. The normalized spacial score (nSPS) is 11.9. The highest BCUT2D eigenvalue weighted by Crippen LogP contribution is 1.98. The Balaban J connectivity index is 2.86. The Labute approximate surface area is 97.9 Å². The summed E-state index contributed by atoms with van der Waals surface area (Å²) in [5.74, 6) is -1.65. The maximum absolute atomic E-state index is 11.7. The number of nitrogens with one attached hydrogen (secondary N) is 1. The van der Waals surface area contributed by atoms with Crippen molar-refractivity contribution >= 4 is 11.9 Å². The molecule has 6 nitrogen and oxygen atoms in total. The van der Waals surface area contributed by atoms with Crippen molar-refractivity contribution in [2.24, 2.45) is 7.05 Å². The van der Waals surface area contributed by atoms with Gasteiger partial charge in [0.05, 0.1) is 0 Å². The second kappa shape index (κ2) is 5.29. The van der Waals surface area contributed by atoms with Gasteiger partial charge in [0.1, 0.15) is 6.04 Å². The summed E-state index contributed by atoms with van der Waals surface area (Å²) in [6.07, 6.45) is 1.74. The number of amides is 1. The lowest BCUT2D eigenvalue weighted by molar-refractivity contribution is -0.139. The van der Waals surface area contributed by atoms with E-state index < -0.39 is 17.9 Å². The summed E-state index contributed by atoms with van der Waals surface area (Å²) in [6, 6.07) is 1.70. The van der Waals surface area contributed by atoms with Gasteiger partial charge in [-0.15, -0.1) is 0 Å². The van der Waals surface area contributed by atoms with Gasteiger partial charge in [-0.25, -0.2) is 4.79 Å². The van der Waals surface area contributed by atoms with Crippen LogP contribution in [0.3, 0.4) is 0 Å². The van der Waals surface area contributed by atoms with Crippen LogP contribution >= 0.6 is 0 Å². The van der Waals surface area contributed by atoms with Crippen LogP contribution in [0.5, 0.6) is 0 Å². The van der Waals surface area contributed by atoms with Crippen molar-refractivity contribution in [3.05, 3.63) is 34.2 Å². The quantitative estimate of drug-likeness (QED) is 0.771. The average Bonchev–Trinajstić information content (AvgIpc) is 2.28. The summed E-state index contributed by atoms with van der Waals surface area (Å²) in [7, 11) is 1.57. The molecular weight excluding hydrogens is 224 g/mol. The van der Waals surface area contributed by atoms with Crippen LogP contribution in [0.1, 0.15) is 23.7 Å². The van der Waals surface area contributed by atoms with E-state index in [1.807, 2.05) is 0 Å². The molecule has 1 rings (SSSR count). The van der Waals surface area contributed by atoms with Crippen molar-refractivity contribution in [1.82, 2.24) is 9.88 Å². The van der Waals surface area contributed by atoms with Crippen molar-refractivity contribution < 1.29 is 14.7 Å². The van der Waals surface area contributed by atoms with Gasteiger partial charge < -0.3 is 15.0 Å². The number of pyridine rings is 1. The molecule has 0 saturated heterocycles. The predicted molar refractivity (Wildman–Crippen MR) is 60.9 cm³/mol. The number of carboxylic acids is 1. The summed E-state index contributed by atoms with van der Waals surface area (Å²) < 4.78 is 1.32. The van der Waals surface area contributed by atoms with Gasteiger partial charge in [0.15, 0.2) is 0 Å². The highest BCUT2D eigenvalue weighted by Gasteiger charge is 2.18. The first-order valence-corrected chi connectivity index (χ1v) is 5.16. The Kier molecular flexibility index (Phi) is 4.03. The summed E-state index contributed by atoms with van der Waals surface area (Å²) in [4.78, 5) is 33.7. The number of carbonyl (C=O) groups is 2. The lowest BCUT2D eigenvalue weighted by Crippen LogP contribution is -2.40. The third-order valence-corrected chi connectivity index (χ3v) is 2.38. The minimum Gasteiger partial charge on any atom is -0.480 e. The highest BCUT2D eigenvalue weighted by atomic mass is 16.4. The second-order valence-corrected chi connectivity index (χ2v) is 3.64. The zero-order valence-electron chi connectivity index (χ0n) is 9.64. The molecule has 0 saturated carbocycles. The van der Waals surface area contributed by atoms with Gasteiger partial charge in [0.2, 0.25) is 0 Å². The van der Waals surface area contributed by atoms with Gasteiger partial charge in [0, 0.05) is 24.9 Å². The standard InChI is InChI=1S/C11H14N2O4/c1-3-8(11(16)17)12-10(15)7-4-5-13(2)9(14)6-7/h4-6,8H,3H2,1-2H3,(H,12,15)(H,16,17)/t8-/m0/s1. The first kappa shape index (κ1) is 13.0. The van der Waals surface area contributed by atoms with Crippen LogP contribution in [-0.2, 0) is 11.8 Å². The van der Waals surface area contributed by atoms with Gasteiger partial charge in [-0.05, 0) is 12.5 Å². The van der Waals surface area contributed by atoms with Crippen LogP contribution < -0.4 is 10.9 Å². The Morgan fingerprint density at radius 2 is 2.18 bits per heavy atom. The summed E-state index contributed by atoms with van der Waals surface area (Å²) in [5, 5.41) is 11.1. The number of hydrogen-bond donors (Lipinski definition) is 2. The average molecular weight is 238 g/mol. The summed E-state index contributed by atoms with van der Waals surface area (Å²) >= 11 is 0. The number of aryl methyl sites for hydroxylation is 1. The molecule has 0 bridgehead atoms. The molecule has 0 radical (unpaired) electrons. The lowest BCUT2D eigenvalue weighted by atomic mass is 10.2. The molecule has 2 N–H and O–H groups in total. The fraction of sp³-hybridized carbons (Fsp3) is 0.364. The van der Waals surface area contributed by atoms with E-state index in [0.29, 0.717) is 0 Å². The van der Waals surface area contributed by atoms with Crippen molar-refractivity contribution in [2.45, 2.75) is 19.4 Å². The number of hydrogen-bond acceptors (Lipinski definition) is 3. The van der Waals surface area contributed by atoms with E-state index in [4.69, 9.17) is 5.11 Å². The maximum atomic E-state index is 11.7. The topological polar surface area (TPSA) is 88.4 Å². The van der Waals surface area contributed by atoms with Gasteiger partial charge in [0.25, 0.3) is 11.5 Å². The number of carboxylic acid groups (broad SMARTS) is 1. The van der Waals surface area contributed by atoms with Gasteiger partial charge in [-0.2, -0.15) is 0 Å². The van der Waals surface area contributed by atoms with E-state index in [9.17, 15) is 14.4 Å². The molecule has 92 valence electrons. The first-order valence-electron chi connectivity index (χ1n) is 5.16. The monoisotopic (exact) mass is 238 g/mol. The largest absolute Gasteiger partial charge is 0.480 e. The lowest BCUT2D eigenvalue weighted by Gasteiger charge is -2.12. The SMILES string of the molecule is CC[C@H](NC(=O)c1ccn(C)c(=O)c1)C(=O)O. The molecule has 1 aromatic rings. The third kappa shape index (κ3) is 3.17. The second-order valence-electron chi connectivity index (χ2n) is 3.64. The molecule has 0 aliphatic carbocycles. The van der Waals surface area contributed by atoms with E-state index in [-0.39, 0.29) is 17.5 Å². The van der Waals surface area contributed by atoms with Crippen LogP contribution in [0, 0.1) is 0 Å². The van der Waals surface area contributed by atoms with E-state index in [1.165, 1.54) is 22.9 Å². The molecule has 0 unspecified atom stereocenters. The molecule has 6 heteroatoms. The molecule has 0 aromatic carbocycles. The molecular formula is C11H14N2O4. The van der Waals surface area contributed by atoms with E-state index in [2.05, 4.69) is 5.32 Å². The van der Waals surface area contributed by atoms with Crippen molar-refractivity contribution in [2.75, 3.05) is 0 Å². The smallest absolute Gasteiger partial charge is 0.326 e. The Hall–Kier alpha value is -2.11. The van der Waals surface area contributed by atoms with Crippen LogP contribution in [0.4, 0.5) is 0 Å². The Morgan fingerprint density at radius 1 is 1.53 bits per heavy atom. The highest BCUT2D eigenvalue weighted by molar-refractivity contribution is 5.96. The van der Waals surface area contributed by atoms with Crippen molar-refractivity contribution in [3.63, 3.8) is 0 Å². The fourth-order valence-corrected chi connectivity index (χ4v) is 1.27. The molecule has 0 aliphatic heterocycles. The number of nitrogens with zero attached hydrogens (tertiary/aromatic N) is 1. The van der Waals surface area contributed by atoms with E-state index >= 15 is 0 Å². The zero-order valence-corrected chi connectivity index (χ0v) is 9.64. The molecule has 0 spiro atoms. The molecule has 1 amide bonds. The van der Waals surface area contributed by atoms with E-state index in [1.54, 1.807) is 14.0 Å². The number of aromatic nitrogens is 1. The number of aliphatic carboxylic acids is 1. The van der Waals surface area contributed by atoms with E-state index in [0.717, 1.165) is 0 Å². The molecule has 0 aliphatic rings. The van der Waals surface area contributed by atoms with Crippen LogP contribution in [-0.4, -0.2) is 27.6 Å². The van der Waals surface area contributed by atoms with Crippen molar-refractivity contribution in [1.29, 1.82) is 0 Å². The minimum absolute atomic E-state index is 0.160. The zero-order chi connectivity index (χ0) is 13.0. The molecule has 0 fully saturated rings. The number of carbonyl (C=O) groups excluding carboxylic acids is 1. The minimum atomic E-state index is -1.09. The van der Waals surface area contributed by atoms with Gasteiger partial charge >= 0.3 is 5.97 Å². The maximum Gasteiger partial charge on any atom is 0.326 e. The Morgan fingerprint density at radius 3 is 2.65 bits per heavy atom. The molecule has 1 aromatic heterocycles. The molecule has 17 heavy (non-hydrogen) atoms. The van der Waals surface area contributed by atoms with Gasteiger partial charge in [-0.3, -0.25) is 9.59 Å². The number of rotatable bonds is 4. The first-order chi connectivity index (χ1) is 7.95. The Bertz CT molecular complexity index is 492.